The highest BCUT2D eigenvalue weighted by molar-refractivity contribution is 6.32. The fourth-order valence-corrected chi connectivity index (χ4v) is 2.46. The van der Waals surface area contributed by atoms with Crippen molar-refractivity contribution in [1.82, 2.24) is 0 Å². The first-order valence-electron chi connectivity index (χ1n) is 7.33. The number of hydrogen-bond donors (Lipinski definition) is 2. The number of carbonyl (C=O) groups excluding carboxylic acids is 1. The Balaban J connectivity index is 2.21. The van der Waals surface area contributed by atoms with Gasteiger partial charge in [0.15, 0.2) is 0 Å². The Hall–Kier alpha value is -2.88. The summed E-state index contributed by atoms with van der Waals surface area (Å²) in [5, 5.41) is 15.6. The standard InChI is InChI=1S/C18H15Cl2N3O3/c1-25-16-8-15(17(26-2)7-14(16)20)22-10-11(9-21)18(24)23-13-5-3-4-12(19)6-13/h3-8,10,22H,1-2H3,(H,23,24)/b11-10-. The monoisotopic (exact) mass is 391 g/mol. The number of nitriles is 1. The molecule has 2 rings (SSSR count). The summed E-state index contributed by atoms with van der Waals surface area (Å²) in [4.78, 5) is 12.2. The molecule has 2 N–H and O–H groups in total. The summed E-state index contributed by atoms with van der Waals surface area (Å²) in [6.07, 6.45) is 1.27. The molecule has 0 heterocycles. The van der Waals surface area contributed by atoms with Crippen molar-refractivity contribution in [2.75, 3.05) is 24.9 Å². The molecule has 2 aromatic carbocycles. The molecule has 0 saturated heterocycles. The Kier molecular flexibility index (Phi) is 6.73. The molecular weight excluding hydrogens is 377 g/mol. The van der Waals surface area contributed by atoms with Gasteiger partial charge in [0.05, 0.1) is 24.9 Å². The van der Waals surface area contributed by atoms with Crippen molar-refractivity contribution in [2.45, 2.75) is 0 Å². The normalized spacial score (nSPS) is 10.7. The maximum Gasteiger partial charge on any atom is 0.267 e. The number of benzene rings is 2. The van der Waals surface area contributed by atoms with Crippen molar-refractivity contribution in [3.05, 3.63) is 58.2 Å². The third-order valence-electron chi connectivity index (χ3n) is 3.29. The van der Waals surface area contributed by atoms with Gasteiger partial charge in [-0.25, -0.2) is 0 Å². The SMILES string of the molecule is COc1cc(N/C=C(/C#N)C(=O)Nc2cccc(Cl)c2)c(OC)cc1Cl. The van der Waals surface area contributed by atoms with Crippen LogP contribution >= 0.6 is 23.2 Å². The molecule has 0 bridgehead atoms. The van der Waals surface area contributed by atoms with Crippen LogP contribution in [0.3, 0.4) is 0 Å². The highest BCUT2D eigenvalue weighted by atomic mass is 35.5. The predicted molar refractivity (Wildman–Crippen MR) is 102 cm³/mol. The fraction of sp³-hybridized carbons (Fsp3) is 0.111. The van der Waals surface area contributed by atoms with Crippen LogP contribution < -0.4 is 20.1 Å². The molecule has 0 spiro atoms. The van der Waals surface area contributed by atoms with Crippen LogP contribution in [-0.2, 0) is 4.79 Å². The Morgan fingerprint density at radius 1 is 1.15 bits per heavy atom. The van der Waals surface area contributed by atoms with Gasteiger partial charge in [-0.1, -0.05) is 29.3 Å². The summed E-state index contributed by atoms with van der Waals surface area (Å²) >= 11 is 11.9. The van der Waals surface area contributed by atoms with Crippen molar-refractivity contribution in [3.63, 3.8) is 0 Å². The molecule has 0 atom stereocenters. The van der Waals surface area contributed by atoms with Gasteiger partial charge in [0.25, 0.3) is 5.91 Å². The number of ether oxygens (including phenoxy) is 2. The number of anilines is 2. The van der Waals surface area contributed by atoms with Gasteiger partial charge in [0.1, 0.15) is 23.1 Å². The van der Waals surface area contributed by atoms with E-state index in [1.165, 1.54) is 20.4 Å². The molecule has 0 radical (unpaired) electrons. The van der Waals surface area contributed by atoms with Gasteiger partial charge >= 0.3 is 0 Å². The van der Waals surface area contributed by atoms with Crippen LogP contribution in [0, 0.1) is 11.3 Å². The van der Waals surface area contributed by atoms with Gasteiger partial charge in [0.2, 0.25) is 0 Å². The summed E-state index contributed by atoms with van der Waals surface area (Å²) in [5.74, 6) is 0.270. The van der Waals surface area contributed by atoms with Crippen LogP contribution in [0.1, 0.15) is 0 Å². The number of halogens is 2. The quantitative estimate of drug-likeness (QED) is 0.560. The van der Waals surface area contributed by atoms with Gasteiger partial charge in [-0.05, 0) is 18.2 Å². The van der Waals surface area contributed by atoms with Crippen molar-refractivity contribution >= 4 is 40.5 Å². The van der Waals surface area contributed by atoms with E-state index in [-0.39, 0.29) is 5.57 Å². The Bertz CT molecular complexity index is 892. The molecule has 0 aliphatic heterocycles. The second-order valence-electron chi connectivity index (χ2n) is 4.97. The van der Waals surface area contributed by atoms with Crippen LogP contribution in [0.15, 0.2) is 48.2 Å². The van der Waals surface area contributed by atoms with Gasteiger partial charge in [-0.3, -0.25) is 4.79 Å². The summed E-state index contributed by atoms with van der Waals surface area (Å²) in [6.45, 7) is 0. The Morgan fingerprint density at radius 3 is 2.50 bits per heavy atom. The number of nitrogens with zero attached hydrogens (tertiary/aromatic N) is 1. The molecule has 0 aliphatic rings. The minimum Gasteiger partial charge on any atom is -0.495 e. The molecular formula is C18H15Cl2N3O3. The number of hydrogen-bond acceptors (Lipinski definition) is 5. The first-order valence-corrected chi connectivity index (χ1v) is 8.09. The second kappa shape index (κ2) is 8.99. The average molecular weight is 392 g/mol. The fourth-order valence-electron chi connectivity index (χ4n) is 2.04. The smallest absolute Gasteiger partial charge is 0.267 e. The number of nitrogens with one attached hydrogen (secondary N) is 2. The molecule has 26 heavy (non-hydrogen) atoms. The minimum absolute atomic E-state index is 0.138. The van der Waals surface area contributed by atoms with Crippen LogP contribution in [0.25, 0.3) is 0 Å². The van der Waals surface area contributed by atoms with E-state index in [1.54, 1.807) is 36.4 Å². The van der Waals surface area contributed by atoms with Gasteiger partial charge in [-0.2, -0.15) is 5.26 Å². The number of carbonyl (C=O) groups is 1. The Labute approximate surface area is 160 Å². The highest BCUT2D eigenvalue weighted by Crippen LogP contribution is 2.35. The van der Waals surface area contributed by atoms with E-state index >= 15 is 0 Å². The van der Waals surface area contributed by atoms with Crippen molar-refractivity contribution in [1.29, 1.82) is 5.26 Å². The lowest BCUT2D eigenvalue weighted by atomic mass is 10.2. The zero-order valence-electron chi connectivity index (χ0n) is 14.0. The third kappa shape index (κ3) is 4.82. The van der Waals surface area contributed by atoms with Crippen LogP contribution in [0.4, 0.5) is 11.4 Å². The number of rotatable bonds is 6. The minimum atomic E-state index is -0.581. The maximum atomic E-state index is 12.2. The van der Waals surface area contributed by atoms with E-state index in [4.69, 9.17) is 32.7 Å². The molecule has 134 valence electrons. The Morgan fingerprint density at radius 2 is 1.88 bits per heavy atom. The lowest BCUT2D eigenvalue weighted by Crippen LogP contribution is -2.14. The molecule has 0 fully saturated rings. The number of methoxy groups -OCH3 is 2. The molecule has 2 aromatic rings. The van der Waals surface area contributed by atoms with Crippen LogP contribution in [-0.4, -0.2) is 20.1 Å². The molecule has 0 saturated carbocycles. The first kappa shape index (κ1) is 19.4. The zero-order valence-corrected chi connectivity index (χ0v) is 15.5. The van der Waals surface area contributed by atoms with E-state index in [0.29, 0.717) is 32.9 Å². The van der Waals surface area contributed by atoms with Crippen LogP contribution in [0.5, 0.6) is 11.5 Å². The van der Waals surface area contributed by atoms with E-state index in [0.717, 1.165) is 0 Å². The topological polar surface area (TPSA) is 83.4 Å². The average Bonchev–Trinajstić information content (AvgIpc) is 2.62. The van der Waals surface area contributed by atoms with E-state index < -0.39 is 5.91 Å². The van der Waals surface area contributed by atoms with Gasteiger partial charge < -0.3 is 20.1 Å². The van der Waals surface area contributed by atoms with Gasteiger partial charge in [0, 0.05) is 29.0 Å². The van der Waals surface area contributed by atoms with E-state index in [2.05, 4.69) is 10.6 Å². The molecule has 1 amide bonds. The highest BCUT2D eigenvalue weighted by Gasteiger charge is 2.12. The lowest BCUT2D eigenvalue weighted by Gasteiger charge is -2.12. The third-order valence-corrected chi connectivity index (χ3v) is 3.82. The summed E-state index contributed by atoms with van der Waals surface area (Å²) in [6, 6.07) is 11.6. The lowest BCUT2D eigenvalue weighted by molar-refractivity contribution is -0.112. The van der Waals surface area contributed by atoms with E-state index in [9.17, 15) is 10.1 Å². The van der Waals surface area contributed by atoms with E-state index in [1.807, 2.05) is 6.07 Å². The van der Waals surface area contributed by atoms with Gasteiger partial charge in [-0.15, -0.1) is 0 Å². The summed E-state index contributed by atoms with van der Waals surface area (Å²) in [7, 11) is 2.95. The molecule has 6 nitrogen and oxygen atoms in total. The zero-order chi connectivity index (χ0) is 19.1. The number of amides is 1. The largest absolute Gasteiger partial charge is 0.495 e. The molecule has 0 aromatic heterocycles. The molecule has 0 aliphatic carbocycles. The summed E-state index contributed by atoms with van der Waals surface area (Å²) in [5.41, 5.74) is 0.826. The molecule has 8 heteroatoms. The first-order chi connectivity index (χ1) is 12.5. The van der Waals surface area contributed by atoms with Crippen molar-refractivity contribution < 1.29 is 14.3 Å². The van der Waals surface area contributed by atoms with Crippen molar-refractivity contribution in [2.24, 2.45) is 0 Å². The summed E-state index contributed by atoms with van der Waals surface area (Å²) < 4.78 is 10.4. The molecule has 0 unspecified atom stereocenters. The van der Waals surface area contributed by atoms with Crippen LogP contribution in [0.2, 0.25) is 10.0 Å². The van der Waals surface area contributed by atoms with Crippen molar-refractivity contribution in [3.8, 4) is 17.6 Å². The second-order valence-corrected chi connectivity index (χ2v) is 5.81. The predicted octanol–water partition coefficient (Wildman–Crippen LogP) is 4.47. The maximum absolute atomic E-state index is 12.2.